The molecule has 0 saturated heterocycles. The molecule has 1 aromatic heterocycles. The van der Waals surface area contributed by atoms with Crippen molar-refractivity contribution in [3.63, 3.8) is 0 Å². The minimum atomic E-state index is 1.02. The number of hydrogen-bond donors (Lipinski definition) is 1. The Labute approximate surface area is 61.9 Å². The predicted octanol–water partition coefficient (Wildman–Crippen LogP) is 1.47. The number of hydrogen-bond acceptors (Lipinski definition) is 1. The lowest BCUT2D eigenvalue weighted by Gasteiger charge is -2.11. The molecule has 56 valence electrons. The molecular weight excluding hydrogens is 124 g/mol. The Morgan fingerprint density at radius 1 is 1.60 bits per heavy atom. The summed E-state index contributed by atoms with van der Waals surface area (Å²) in [5, 5.41) is 0. The summed E-state index contributed by atoms with van der Waals surface area (Å²) >= 11 is 0. The second kappa shape index (κ2) is 3.42. The fourth-order valence-corrected chi connectivity index (χ4v) is 0.868. The van der Waals surface area contributed by atoms with Gasteiger partial charge in [0.25, 0.3) is 0 Å². The molecule has 0 amide bonds. The second-order valence-electron chi connectivity index (χ2n) is 2.53. The first-order valence-corrected chi connectivity index (χ1v) is 3.63. The molecule has 1 heterocycles. The highest BCUT2D eigenvalue weighted by atomic mass is 15.1. The van der Waals surface area contributed by atoms with Crippen molar-refractivity contribution in [1.82, 2.24) is 9.88 Å². The van der Waals surface area contributed by atoms with Crippen LogP contribution in [0.2, 0.25) is 0 Å². The third-order valence-corrected chi connectivity index (χ3v) is 1.64. The molecule has 0 aliphatic rings. The van der Waals surface area contributed by atoms with E-state index in [1.165, 1.54) is 5.69 Å². The van der Waals surface area contributed by atoms with Gasteiger partial charge in [0.1, 0.15) is 0 Å². The van der Waals surface area contributed by atoms with Gasteiger partial charge in [0, 0.05) is 18.4 Å². The van der Waals surface area contributed by atoms with Crippen LogP contribution in [0.1, 0.15) is 12.6 Å². The Bertz CT molecular complexity index is 167. The van der Waals surface area contributed by atoms with Crippen molar-refractivity contribution in [2.75, 3.05) is 13.6 Å². The van der Waals surface area contributed by atoms with E-state index in [-0.39, 0.29) is 0 Å². The Morgan fingerprint density at radius 2 is 2.40 bits per heavy atom. The van der Waals surface area contributed by atoms with Gasteiger partial charge in [-0.2, -0.15) is 0 Å². The van der Waals surface area contributed by atoms with E-state index in [0.717, 1.165) is 13.1 Å². The quantitative estimate of drug-likeness (QED) is 0.670. The van der Waals surface area contributed by atoms with Gasteiger partial charge in [-0.3, -0.25) is 0 Å². The molecule has 0 unspecified atom stereocenters. The Morgan fingerprint density at radius 3 is 2.90 bits per heavy atom. The van der Waals surface area contributed by atoms with E-state index < -0.39 is 0 Å². The highest BCUT2D eigenvalue weighted by Crippen LogP contribution is 1.97. The molecule has 0 aromatic carbocycles. The number of aromatic amines is 1. The van der Waals surface area contributed by atoms with Crippen LogP contribution < -0.4 is 0 Å². The smallest absolute Gasteiger partial charge is 0.0381 e. The zero-order valence-corrected chi connectivity index (χ0v) is 6.59. The normalized spacial score (nSPS) is 10.7. The standard InChI is InChI=1S/C8H14N2/c1-3-10(2)7-8-5-4-6-9-8/h4-6,9H,3,7H2,1-2H3. The maximum Gasteiger partial charge on any atom is 0.0381 e. The zero-order valence-electron chi connectivity index (χ0n) is 6.59. The molecule has 2 nitrogen and oxygen atoms in total. The molecule has 1 N–H and O–H groups in total. The monoisotopic (exact) mass is 138 g/mol. The highest BCUT2D eigenvalue weighted by Gasteiger charge is 1.95. The summed E-state index contributed by atoms with van der Waals surface area (Å²) in [4.78, 5) is 5.42. The van der Waals surface area contributed by atoms with Crippen LogP contribution in [0.15, 0.2) is 18.3 Å². The van der Waals surface area contributed by atoms with Gasteiger partial charge in [-0.1, -0.05) is 6.92 Å². The fraction of sp³-hybridized carbons (Fsp3) is 0.500. The Hall–Kier alpha value is -0.760. The van der Waals surface area contributed by atoms with E-state index in [1.807, 2.05) is 12.3 Å². The number of nitrogens with one attached hydrogen (secondary N) is 1. The third kappa shape index (κ3) is 1.88. The van der Waals surface area contributed by atoms with Gasteiger partial charge >= 0.3 is 0 Å². The summed E-state index contributed by atoms with van der Waals surface area (Å²) in [7, 11) is 2.11. The van der Waals surface area contributed by atoms with Gasteiger partial charge in [-0.05, 0) is 25.7 Å². The maximum absolute atomic E-state index is 3.16. The molecule has 0 aliphatic carbocycles. The number of H-pyrrole nitrogens is 1. The molecular formula is C8H14N2. The zero-order chi connectivity index (χ0) is 7.40. The molecule has 0 saturated carbocycles. The average molecular weight is 138 g/mol. The van der Waals surface area contributed by atoms with E-state index >= 15 is 0 Å². The molecule has 1 aromatic rings. The Kier molecular flexibility index (Phi) is 2.51. The number of rotatable bonds is 3. The molecule has 0 atom stereocenters. The average Bonchev–Trinajstić information content (AvgIpc) is 2.40. The summed E-state index contributed by atoms with van der Waals surface area (Å²) in [6.07, 6.45) is 1.96. The maximum atomic E-state index is 3.16. The topological polar surface area (TPSA) is 19.0 Å². The molecule has 2 heteroatoms. The van der Waals surface area contributed by atoms with Gasteiger partial charge in [0.2, 0.25) is 0 Å². The van der Waals surface area contributed by atoms with Crippen LogP contribution in [0.25, 0.3) is 0 Å². The second-order valence-corrected chi connectivity index (χ2v) is 2.53. The fourth-order valence-electron chi connectivity index (χ4n) is 0.868. The lowest BCUT2D eigenvalue weighted by molar-refractivity contribution is 0.342. The number of aromatic nitrogens is 1. The van der Waals surface area contributed by atoms with Crippen molar-refractivity contribution in [1.29, 1.82) is 0 Å². The van der Waals surface area contributed by atoms with Crippen molar-refractivity contribution in [2.24, 2.45) is 0 Å². The van der Waals surface area contributed by atoms with Gasteiger partial charge in [0.05, 0.1) is 0 Å². The molecule has 0 bridgehead atoms. The van der Waals surface area contributed by atoms with Crippen LogP contribution in [0, 0.1) is 0 Å². The summed E-state index contributed by atoms with van der Waals surface area (Å²) in [6, 6.07) is 4.13. The van der Waals surface area contributed by atoms with Crippen LogP contribution >= 0.6 is 0 Å². The van der Waals surface area contributed by atoms with Crippen molar-refractivity contribution in [3.05, 3.63) is 24.0 Å². The van der Waals surface area contributed by atoms with Crippen molar-refractivity contribution < 1.29 is 0 Å². The minimum absolute atomic E-state index is 1.02. The predicted molar refractivity (Wildman–Crippen MR) is 42.8 cm³/mol. The van der Waals surface area contributed by atoms with Gasteiger partial charge in [-0.15, -0.1) is 0 Å². The van der Waals surface area contributed by atoms with Crippen LogP contribution in [-0.4, -0.2) is 23.5 Å². The molecule has 10 heavy (non-hydrogen) atoms. The minimum Gasteiger partial charge on any atom is -0.364 e. The van der Waals surface area contributed by atoms with Gasteiger partial charge in [-0.25, -0.2) is 0 Å². The van der Waals surface area contributed by atoms with Crippen LogP contribution in [0.5, 0.6) is 0 Å². The lowest BCUT2D eigenvalue weighted by Crippen LogP contribution is -2.16. The molecule has 0 spiro atoms. The summed E-state index contributed by atoms with van der Waals surface area (Å²) in [6.45, 7) is 4.27. The molecule has 1 rings (SSSR count). The summed E-state index contributed by atoms with van der Waals surface area (Å²) in [5.74, 6) is 0. The SMILES string of the molecule is CCN(C)Cc1ccc[nH]1. The van der Waals surface area contributed by atoms with Crippen molar-refractivity contribution in [2.45, 2.75) is 13.5 Å². The first-order valence-electron chi connectivity index (χ1n) is 3.63. The molecule has 0 fully saturated rings. The van der Waals surface area contributed by atoms with Gasteiger partial charge < -0.3 is 9.88 Å². The van der Waals surface area contributed by atoms with E-state index in [9.17, 15) is 0 Å². The summed E-state index contributed by atoms with van der Waals surface area (Å²) < 4.78 is 0. The van der Waals surface area contributed by atoms with E-state index in [0.29, 0.717) is 0 Å². The Balaban J connectivity index is 2.40. The highest BCUT2D eigenvalue weighted by molar-refractivity contribution is 5.02. The van der Waals surface area contributed by atoms with Crippen LogP contribution in [0.4, 0.5) is 0 Å². The number of nitrogens with zero attached hydrogens (tertiary/aromatic N) is 1. The largest absolute Gasteiger partial charge is 0.364 e. The molecule has 0 radical (unpaired) electrons. The summed E-state index contributed by atoms with van der Waals surface area (Å²) in [5.41, 5.74) is 1.28. The third-order valence-electron chi connectivity index (χ3n) is 1.64. The first kappa shape index (κ1) is 7.35. The van der Waals surface area contributed by atoms with E-state index in [2.05, 4.69) is 29.9 Å². The van der Waals surface area contributed by atoms with Crippen LogP contribution in [0.3, 0.4) is 0 Å². The van der Waals surface area contributed by atoms with Crippen molar-refractivity contribution in [3.8, 4) is 0 Å². The van der Waals surface area contributed by atoms with E-state index in [1.54, 1.807) is 0 Å². The molecule has 0 aliphatic heterocycles. The van der Waals surface area contributed by atoms with E-state index in [4.69, 9.17) is 0 Å². The van der Waals surface area contributed by atoms with Gasteiger partial charge in [0.15, 0.2) is 0 Å². The van der Waals surface area contributed by atoms with Crippen molar-refractivity contribution >= 4 is 0 Å². The van der Waals surface area contributed by atoms with Crippen LogP contribution in [-0.2, 0) is 6.54 Å². The lowest BCUT2D eigenvalue weighted by atomic mass is 10.4. The first-order chi connectivity index (χ1) is 4.83.